The van der Waals surface area contributed by atoms with Gasteiger partial charge in [0.25, 0.3) is 0 Å². The van der Waals surface area contributed by atoms with E-state index in [-0.39, 0.29) is 0 Å². The van der Waals surface area contributed by atoms with Crippen molar-refractivity contribution in [1.82, 2.24) is 9.66 Å². The average Bonchev–Trinajstić information content (AvgIpc) is 2.63. The molecule has 0 radical (unpaired) electrons. The normalized spacial score (nSPS) is 11.8. The number of hydrogen-bond acceptors (Lipinski definition) is 6. The highest BCUT2D eigenvalue weighted by Crippen LogP contribution is 2.06. The first-order valence-electron chi connectivity index (χ1n) is 4.30. The van der Waals surface area contributed by atoms with Gasteiger partial charge in [0, 0.05) is 0 Å². The molecule has 0 fully saturated rings. The van der Waals surface area contributed by atoms with Crippen molar-refractivity contribution < 1.29 is 24.7 Å². The number of nitrogens with one attached hydrogen (secondary N) is 1. The summed E-state index contributed by atoms with van der Waals surface area (Å²) in [6.45, 7) is 0. The highest BCUT2D eigenvalue weighted by Gasteiger charge is 2.25. The van der Waals surface area contributed by atoms with Crippen molar-refractivity contribution in [2.75, 3.05) is 5.43 Å². The number of aliphatic carboxylic acids is 2. The predicted molar refractivity (Wildman–Crippen MR) is 51.9 cm³/mol. The lowest BCUT2D eigenvalue weighted by Gasteiger charge is -2.11. The first-order chi connectivity index (χ1) is 7.91. The SMILES string of the molecule is O=C(O)C[C@H](Nn1ccnc1[N+](=O)[O-])C(=O)O. The van der Waals surface area contributed by atoms with Crippen molar-refractivity contribution in [3.05, 3.63) is 22.5 Å². The summed E-state index contributed by atoms with van der Waals surface area (Å²) in [5.74, 6) is -3.40. The Kier molecular flexibility index (Phi) is 3.59. The van der Waals surface area contributed by atoms with Gasteiger partial charge in [-0.15, -0.1) is 4.68 Å². The fourth-order valence-electron chi connectivity index (χ4n) is 1.06. The van der Waals surface area contributed by atoms with Crippen LogP contribution in [0.25, 0.3) is 0 Å². The van der Waals surface area contributed by atoms with Crippen LogP contribution < -0.4 is 5.43 Å². The molecule has 0 aliphatic heterocycles. The van der Waals surface area contributed by atoms with Crippen LogP contribution in [0.3, 0.4) is 0 Å². The van der Waals surface area contributed by atoms with Gasteiger partial charge in [-0.2, -0.15) is 0 Å². The molecule has 0 unspecified atom stereocenters. The maximum absolute atomic E-state index is 10.7. The maximum atomic E-state index is 10.7. The first-order valence-corrected chi connectivity index (χ1v) is 4.30. The predicted octanol–water partition coefficient (Wildman–Crippen LogP) is -0.737. The lowest BCUT2D eigenvalue weighted by molar-refractivity contribution is -0.396. The fourth-order valence-corrected chi connectivity index (χ4v) is 1.06. The molecule has 1 aromatic rings. The molecule has 3 N–H and O–H groups in total. The molecule has 1 heterocycles. The minimum atomic E-state index is -1.49. The Morgan fingerprint density at radius 2 is 2.24 bits per heavy atom. The van der Waals surface area contributed by atoms with Crippen molar-refractivity contribution in [3.8, 4) is 0 Å². The van der Waals surface area contributed by atoms with Gasteiger partial charge in [-0.05, 0) is 4.92 Å². The molecule has 0 amide bonds. The highest BCUT2D eigenvalue weighted by molar-refractivity contribution is 5.81. The molecular formula is C7H8N4O6. The Morgan fingerprint density at radius 1 is 1.59 bits per heavy atom. The summed E-state index contributed by atoms with van der Waals surface area (Å²) < 4.78 is 0.752. The minimum Gasteiger partial charge on any atom is -0.481 e. The number of hydrogen-bond donors (Lipinski definition) is 3. The molecule has 10 heteroatoms. The van der Waals surface area contributed by atoms with Crippen LogP contribution >= 0.6 is 0 Å². The zero-order valence-electron chi connectivity index (χ0n) is 8.31. The quantitative estimate of drug-likeness (QED) is 0.437. The molecule has 10 nitrogen and oxygen atoms in total. The van der Waals surface area contributed by atoms with E-state index < -0.39 is 35.3 Å². The molecule has 1 atom stereocenters. The molecule has 0 aromatic carbocycles. The minimum absolute atomic E-state index is 0.623. The van der Waals surface area contributed by atoms with E-state index in [9.17, 15) is 19.7 Å². The van der Waals surface area contributed by atoms with Crippen molar-refractivity contribution in [1.29, 1.82) is 0 Å². The van der Waals surface area contributed by atoms with E-state index in [4.69, 9.17) is 10.2 Å². The molecule has 0 bridgehead atoms. The van der Waals surface area contributed by atoms with Gasteiger partial charge in [-0.25, -0.2) is 4.79 Å². The van der Waals surface area contributed by atoms with Crippen LogP contribution in [0.4, 0.5) is 5.95 Å². The van der Waals surface area contributed by atoms with Crippen LogP contribution in [-0.4, -0.2) is 42.8 Å². The van der Waals surface area contributed by atoms with Gasteiger partial charge in [0.2, 0.25) is 0 Å². The second-order valence-corrected chi connectivity index (χ2v) is 2.97. The van der Waals surface area contributed by atoms with Crippen molar-refractivity contribution in [3.63, 3.8) is 0 Å². The zero-order valence-corrected chi connectivity index (χ0v) is 8.31. The van der Waals surface area contributed by atoms with Crippen molar-refractivity contribution >= 4 is 17.9 Å². The maximum Gasteiger partial charge on any atom is 0.456 e. The number of carboxylic acids is 2. The topological polar surface area (TPSA) is 148 Å². The van der Waals surface area contributed by atoms with Gasteiger partial charge in [0.1, 0.15) is 12.4 Å². The van der Waals surface area contributed by atoms with E-state index in [0.717, 1.165) is 17.1 Å². The lowest BCUT2D eigenvalue weighted by atomic mass is 10.2. The summed E-state index contributed by atoms with van der Waals surface area (Å²) in [6, 6.07) is -1.49. The number of aromatic nitrogens is 2. The zero-order chi connectivity index (χ0) is 13.0. The van der Waals surface area contributed by atoms with Gasteiger partial charge >= 0.3 is 17.9 Å². The first kappa shape index (κ1) is 12.4. The summed E-state index contributed by atoms with van der Waals surface area (Å²) in [7, 11) is 0. The smallest absolute Gasteiger partial charge is 0.456 e. The summed E-state index contributed by atoms with van der Waals surface area (Å²) in [5, 5.41) is 27.7. The van der Waals surface area contributed by atoms with Crippen LogP contribution in [0.1, 0.15) is 6.42 Å². The molecule has 0 saturated heterocycles. The number of nitrogens with zero attached hydrogens (tertiary/aromatic N) is 3. The van der Waals surface area contributed by atoms with E-state index in [1.165, 1.54) is 0 Å². The van der Waals surface area contributed by atoms with Crippen molar-refractivity contribution in [2.45, 2.75) is 12.5 Å². The van der Waals surface area contributed by atoms with Gasteiger partial charge in [-0.3, -0.25) is 10.2 Å². The van der Waals surface area contributed by atoms with Crippen LogP contribution in [0.2, 0.25) is 0 Å². The lowest BCUT2D eigenvalue weighted by Crippen LogP contribution is -2.37. The van der Waals surface area contributed by atoms with E-state index in [2.05, 4.69) is 10.4 Å². The van der Waals surface area contributed by atoms with Gasteiger partial charge in [0.05, 0.1) is 6.42 Å². The summed E-state index contributed by atoms with van der Waals surface area (Å²) >= 11 is 0. The molecule has 0 aliphatic carbocycles. The molecule has 92 valence electrons. The Bertz CT molecular complexity index is 455. The highest BCUT2D eigenvalue weighted by atomic mass is 16.6. The molecule has 1 aromatic heterocycles. The summed E-state index contributed by atoms with van der Waals surface area (Å²) in [6.07, 6.45) is 1.49. The third-order valence-corrected chi connectivity index (χ3v) is 1.76. The Hall–Kier alpha value is -2.65. The summed E-state index contributed by atoms with van der Waals surface area (Å²) in [5.41, 5.74) is 2.17. The number of nitro groups is 1. The Labute approximate surface area is 93.6 Å². The van der Waals surface area contributed by atoms with Gasteiger partial charge in [0.15, 0.2) is 6.04 Å². The second kappa shape index (κ2) is 4.92. The van der Waals surface area contributed by atoms with E-state index in [1.54, 1.807) is 0 Å². The van der Waals surface area contributed by atoms with E-state index in [0.29, 0.717) is 0 Å². The summed E-state index contributed by atoms with van der Waals surface area (Å²) in [4.78, 5) is 34.1. The van der Waals surface area contributed by atoms with Crippen LogP contribution in [0, 0.1) is 10.1 Å². The molecule has 0 saturated carbocycles. The average molecular weight is 244 g/mol. The number of rotatable bonds is 6. The van der Waals surface area contributed by atoms with Gasteiger partial charge in [-0.1, -0.05) is 4.98 Å². The Morgan fingerprint density at radius 3 is 2.71 bits per heavy atom. The number of carboxylic acid groups (broad SMARTS) is 2. The molecular weight excluding hydrogens is 236 g/mol. The molecule has 0 spiro atoms. The number of carbonyl (C=O) groups is 2. The largest absolute Gasteiger partial charge is 0.481 e. The third kappa shape index (κ3) is 3.15. The molecule has 17 heavy (non-hydrogen) atoms. The standard InChI is InChI=1S/C7H8N4O6/c12-5(13)3-4(6(14)15)9-10-2-1-8-7(10)11(16)17/h1-2,4,9H,3H2,(H,12,13)(H,14,15)/t4-/m0/s1. The van der Waals surface area contributed by atoms with Gasteiger partial charge < -0.3 is 20.3 Å². The Balaban J connectivity index is 2.86. The van der Waals surface area contributed by atoms with E-state index >= 15 is 0 Å². The van der Waals surface area contributed by atoms with E-state index in [1.807, 2.05) is 0 Å². The number of imidazole rings is 1. The third-order valence-electron chi connectivity index (χ3n) is 1.76. The van der Waals surface area contributed by atoms with Crippen molar-refractivity contribution in [2.24, 2.45) is 0 Å². The van der Waals surface area contributed by atoms with Crippen LogP contribution in [-0.2, 0) is 9.59 Å². The van der Waals surface area contributed by atoms with Crippen LogP contribution in [0.5, 0.6) is 0 Å². The molecule has 0 aliphatic rings. The fraction of sp³-hybridized carbons (Fsp3) is 0.286. The molecule has 1 rings (SSSR count). The monoisotopic (exact) mass is 244 g/mol. The van der Waals surface area contributed by atoms with Crippen LogP contribution in [0.15, 0.2) is 12.4 Å². The second-order valence-electron chi connectivity index (χ2n) is 2.97.